The molecule has 2 heterocycles. The number of aliphatic imine (C=N–C) groups is 1. The van der Waals surface area contributed by atoms with Crippen LogP contribution in [0.15, 0.2) is 49.6 Å². The van der Waals surface area contributed by atoms with Gasteiger partial charge in [-0.2, -0.15) is 5.10 Å². The molecule has 10 heteroatoms. The Balaban J connectivity index is 1.87. The number of hydrogen-bond acceptors (Lipinski definition) is 10. The van der Waals surface area contributed by atoms with E-state index in [9.17, 15) is 14.4 Å². The summed E-state index contributed by atoms with van der Waals surface area (Å²) in [6, 6.07) is 7.73. The minimum Gasteiger partial charge on any atom is -0.455 e. The van der Waals surface area contributed by atoms with Crippen LogP contribution in [0.1, 0.15) is 19.4 Å². The smallest absolute Gasteiger partial charge is 0.308 e. The summed E-state index contributed by atoms with van der Waals surface area (Å²) in [7, 11) is 0. The van der Waals surface area contributed by atoms with Gasteiger partial charge in [0.05, 0.1) is 18.1 Å². The van der Waals surface area contributed by atoms with Crippen molar-refractivity contribution in [2.24, 2.45) is 10.1 Å². The van der Waals surface area contributed by atoms with Gasteiger partial charge < -0.3 is 19.2 Å². The molecule has 158 valence electrons. The molecule has 1 aromatic heterocycles. The number of ether oxygens (including phenoxy) is 2. The number of carbonyl (C=O) groups excluding carboxylic acids is 2. The summed E-state index contributed by atoms with van der Waals surface area (Å²) in [5, 5.41) is 7.50. The Hall–Kier alpha value is -4.21. The zero-order valence-electron chi connectivity index (χ0n) is 16.7. The van der Waals surface area contributed by atoms with E-state index in [-0.39, 0.29) is 33.4 Å². The van der Waals surface area contributed by atoms with Crippen molar-refractivity contribution >= 4 is 46.1 Å². The molecule has 0 saturated carbocycles. The normalized spacial score (nSPS) is 13.3. The predicted octanol–water partition coefficient (Wildman–Crippen LogP) is 1.68. The van der Waals surface area contributed by atoms with Crippen molar-refractivity contribution in [3.8, 4) is 11.5 Å². The summed E-state index contributed by atoms with van der Waals surface area (Å²) in [4.78, 5) is 40.3. The summed E-state index contributed by atoms with van der Waals surface area (Å²) in [6.45, 7) is 3.85. The third-order valence-electron chi connectivity index (χ3n) is 4.33. The van der Waals surface area contributed by atoms with Crippen LogP contribution in [0, 0.1) is 0 Å². The number of nitrogens with one attached hydrogen (secondary N) is 2. The molecule has 10 nitrogen and oxygen atoms in total. The maximum absolute atomic E-state index is 13.2. The number of hydrogen-bond donors (Lipinski definition) is 2. The summed E-state index contributed by atoms with van der Waals surface area (Å²) < 4.78 is 16.3. The Labute approximate surface area is 175 Å². The molecule has 1 aliphatic rings. The second kappa shape index (κ2) is 8.27. The molecule has 31 heavy (non-hydrogen) atoms. The van der Waals surface area contributed by atoms with Gasteiger partial charge in [0.1, 0.15) is 28.1 Å². The van der Waals surface area contributed by atoms with E-state index in [1.807, 2.05) is 0 Å². The van der Waals surface area contributed by atoms with Crippen molar-refractivity contribution in [2.45, 2.75) is 13.8 Å². The SMILES string of the molecule is CC(=O)Oc1cc(OC(C)=O)c2c(=O)c3cccc(/C=N\NC4=NCCN4)c3oc2c1. The highest BCUT2D eigenvalue weighted by Crippen LogP contribution is 2.32. The van der Waals surface area contributed by atoms with Crippen LogP contribution >= 0.6 is 0 Å². The monoisotopic (exact) mass is 422 g/mol. The molecule has 0 radical (unpaired) electrons. The number of para-hydroxylation sites is 1. The largest absolute Gasteiger partial charge is 0.455 e. The number of guanidine groups is 1. The van der Waals surface area contributed by atoms with Crippen molar-refractivity contribution < 1.29 is 23.5 Å². The van der Waals surface area contributed by atoms with E-state index in [1.165, 1.54) is 32.2 Å². The molecule has 0 unspecified atom stereocenters. The zero-order chi connectivity index (χ0) is 22.0. The number of rotatable bonds is 4. The Morgan fingerprint density at radius 1 is 1.23 bits per heavy atom. The van der Waals surface area contributed by atoms with Crippen molar-refractivity contribution in [3.05, 3.63) is 46.1 Å². The van der Waals surface area contributed by atoms with Crippen molar-refractivity contribution in [2.75, 3.05) is 13.1 Å². The Morgan fingerprint density at radius 3 is 2.74 bits per heavy atom. The first kappa shape index (κ1) is 20.1. The number of benzene rings is 2. The predicted molar refractivity (Wildman–Crippen MR) is 114 cm³/mol. The molecule has 1 aliphatic heterocycles. The van der Waals surface area contributed by atoms with Gasteiger partial charge in [-0.05, 0) is 12.1 Å². The average Bonchev–Trinajstić information content (AvgIpc) is 3.21. The molecule has 0 amide bonds. The van der Waals surface area contributed by atoms with Crippen LogP contribution in [0.4, 0.5) is 0 Å². The lowest BCUT2D eigenvalue weighted by molar-refractivity contribution is -0.132. The van der Waals surface area contributed by atoms with Gasteiger partial charge in [0.25, 0.3) is 0 Å². The third kappa shape index (κ3) is 4.22. The highest BCUT2D eigenvalue weighted by atomic mass is 16.5. The first-order chi connectivity index (χ1) is 14.9. The molecule has 0 saturated heterocycles. The molecule has 4 rings (SSSR count). The molecule has 2 N–H and O–H groups in total. The van der Waals surface area contributed by atoms with Gasteiger partial charge in [0, 0.05) is 38.1 Å². The van der Waals surface area contributed by atoms with Crippen molar-refractivity contribution in [3.63, 3.8) is 0 Å². The number of esters is 2. The first-order valence-corrected chi connectivity index (χ1v) is 9.40. The molecule has 0 atom stereocenters. The van der Waals surface area contributed by atoms with E-state index in [4.69, 9.17) is 13.9 Å². The molecule has 3 aromatic rings. The summed E-state index contributed by atoms with van der Waals surface area (Å²) >= 11 is 0. The van der Waals surface area contributed by atoms with E-state index >= 15 is 0 Å². The van der Waals surface area contributed by atoms with E-state index < -0.39 is 17.4 Å². The maximum Gasteiger partial charge on any atom is 0.308 e. The number of carbonyl (C=O) groups is 2. The highest BCUT2D eigenvalue weighted by Gasteiger charge is 2.18. The zero-order valence-corrected chi connectivity index (χ0v) is 16.7. The van der Waals surface area contributed by atoms with Crippen LogP contribution < -0.4 is 25.6 Å². The van der Waals surface area contributed by atoms with E-state index in [0.717, 1.165) is 6.54 Å². The van der Waals surface area contributed by atoms with Gasteiger partial charge in [-0.15, -0.1) is 0 Å². The van der Waals surface area contributed by atoms with Crippen molar-refractivity contribution in [1.82, 2.24) is 10.7 Å². The lowest BCUT2D eigenvalue weighted by Gasteiger charge is -2.10. The summed E-state index contributed by atoms with van der Waals surface area (Å²) in [6.07, 6.45) is 1.50. The summed E-state index contributed by atoms with van der Waals surface area (Å²) in [5.74, 6) is -0.616. The standard InChI is InChI=1S/C21H18N4O6/c1-11(26)29-14-8-16(30-12(2)27)18-17(9-14)31-20-13(4-3-5-15(20)19(18)28)10-24-25-21-22-6-7-23-21/h3-5,8-10H,6-7H2,1-2H3,(H2,22,23,25)/b24-10-. The number of nitrogens with zero attached hydrogens (tertiary/aromatic N) is 2. The Morgan fingerprint density at radius 2 is 2.03 bits per heavy atom. The van der Waals surface area contributed by atoms with Crippen LogP contribution in [0.2, 0.25) is 0 Å². The van der Waals surface area contributed by atoms with Gasteiger partial charge in [-0.1, -0.05) is 6.07 Å². The van der Waals surface area contributed by atoms with E-state index in [0.29, 0.717) is 18.1 Å². The molecule has 0 fully saturated rings. The number of fused-ring (bicyclic) bond motifs is 2. The van der Waals surface area contributed by atoms with Gasteiger partial charge in [0.15, 0.2) is 0 Å². The molecule has 2 aromatic carbocycles. The summed E-state index contributed by atoms with van der Waals surface area (Å²) in [5.41, 5.74) is 3.30. The Kier molecular flexibility index (Phi) is 5.35. The first-order valence-electron chi connectivity index (χ1n) is 9.40. The average molecular weight is 422 g/mol. The number of hydrazone groups is 1. The van der Waals surface area contributed by atoms with E-state index in [1.54, 1.807) is 18.2 Å². The molecule has 0 spiro atoms. The fourth-order valence-corrected chi connectivity index (χ4v) is 3.16. The van der Waals surface area contributed by atoms with Gasteiger partial charge in [-0.25, -0.2) is 10.4 Å². The topological polar surface area (TPSA) is 132 Å². The van der Waals surface area contributed by atoms with Crippen molar-refractivity contribution in [1.29, 1.82) is 0 Å². The highest BCUT2D eigenvalue weighted by molar-refractivity contribution is 6.02. The lowest BCUT2D eigenvalue weighted by Crippen LogP contribution is -2.30. The Bertz CT molecular complexity index is 1320. The second-order valence-corrected chi connectivity index (χ2v) is 6.66. The van der Waals surface area contributed by atoms with Gasteiger partial charge >= 0.3 is 11.9 Å². The molecular formula is C21H18N4O6. The fourth-order valence-electron chi connectivity index (χ4n) is 3.16. The molecular weight excluding hydrogens is 404 g/mol. The minimum absolute atomic E-state index is 0.0528. The lowest BCUT2D eigenvalue weighted by atomic mass is 10.1. The van der Waals surface area contributed by atoms with Crippen LogP contribution in [0.25, 0.3) is 21.9 Å². The van der Waals surface area contributed by atoms with Crippen LogP contribution in [-0.4, -0.2) is 37.2 Å². The molecule has 0 aliphatic carbocycles. The van der Waals surface area contributed by atoms with E-state index in [2.05, 4.69) is 20.8 Å². The second-order valence-electron chi connectivity index (χ2n) is 6.66. The van der Waals surface area contributed by atoms with Crippen LogP contribution in [-0.2, 0) is 9.59 Å². The van der Waals surface area contributed by atoms with Crippen LogP contribution in [0.5, 0.6) is 11.5 Å². The maximum atomic E-state index is 13.2. The molecule has 0 bridgehead atoms. The third-order valence-corrected chi connectivity index (χ3v) is 4.33. The van der Waals surface area contributed by atoms with Gasteiger partial charge in [0.2, 0.25) is 11.4 Å². The minimum atomic E-state index is -0.629. The fraction of sp³-hybridized carbons (Fsp3) is 0.190. The van der Waals surface area contributed by atoms with Crippen LogP contribution in [0.3, 0.4) is 0 Å². The quantitative estimate of drug-likeness (QED) is 0.213. The van der Waals surface area contributed by atoms with Gasteiger partial charge in [-0.3, -0.25) is 14.4 Å².